The van der Waals surface area contributed by atoms with Gasteiger partial charge >= 0.3 is 0 Å². The molecule has 0 aliphatic heterocycles. The summed E-state index contributed by atoms with van der Waals surface area (Å²) in [6.45, 7) is 4.66. The lowest BCUT2D eigenvalue weighted by Gasteiger charge is -2.26. The second-order valence-electron chi connectivity index (χ2n) is 5.02. The number of rotatable bonds is 6. The SMILES string of the molecule is CCCN(CCN(C)C)C(=O)C1C=CC(N)C1. The largest absolute Gasteiger partial charge is 0.341 e. The van der Waals surface area contributed by atoms with Gasteiger partial charge in [-0.1, -0.05) is 19.1 Å². The number of nitrogens with zero attached hydrogens (tertiary/aromatic N) is 2. The fraction of sp³-hybridized carbons (Fsp3) is 0.769. The normalized spacial score (nSPS) is 23.4. The first-order chi connectivity index (χ1) is 8.04. The third-order valence-electron chi connectivity index (χ3n) is 3.06. The minimum atomic E-state index is -0.00119. The van der Waals surface area contributed by atoms with Crippen molar-refractivity contribution in [3.8, 4) is 0 Å². The van der Waals surface area contributed by atoms with Crippen LogP contribution in [-0.2, 0) is 4.79 Å². The Labute approximate surface area is 104 Å². The molecule has 1 aliphatic carbocycles. The van der Waals surface area contributed by atoms with Crippen LogP contribution in [0.25, 0.3) is 0 Å². The van der Waals surface area contributed by atoms with Crippen LogP contribution in [0.2, 0.25) is 0 Å². The monoisotopic (exact) mass is 239 g/mol. The minimum absolute atomic E-state index is 0.00119. The maximum Gasteiger partial charge on any atom is 0.229 e. The molecule has 2 unspecified atom stereocenters. The first-order valence-corrected chi connectivity index (χ1v) is 6.42. The summed E-state index contributed by atoms with van der Waals surface area (Å²) in [7, 11) is 4.06. The number of likely N-dealkylation sites (N-methyl/N-ethyl adjacent to an activating group) is 1. The van der Waals surface area contributed by atoms with Crippen molar-refractivity contribution in [2.24, 2.45) is 11.7 Å². The molecule has 1 amide bonds. The number of carbonyl (C=O) groups is 1. The van der Waals surface area contributed by atoms with E-state index in [4.69, 9.17) is 5.73 Å². The fourth-order valence-corrected chi connectivity index (χ4v) is 2.07. The van der Waals surface area contributed by atoms with Crippen molar-refractivity contribution < 1.29 is 4.79 Å². The molecular formula is C13H25N3O. The molecule has 98 valence electrons. The number of amides is 1. The van der Waals surface area contributed by atoms with E-state index in [1.807, 2.05) is 31.1 Å². The third kappa shape index (κ3) is 4.48. The van der Waals surface area contributed by atoms with E-state index in [2.05, 4.69) is 11.8 Å². The molecule has 4 heteroatoms. The molecule has 0 saturated heterocycles. The molecule has 2 N–H and O–H groups in total. The van der Waals surface area contributed by atoms with Crippen molar-refractivity contribution in [1.82, 2.24) is 9.80 Å². The molecule has 1 rings (SSSR count). The van der Waals surface area contributed by atoms with Crippen LogP contribution in [0.1, 0.15) is 19.8 Å². The number of carbonyl (C=O) groups excluding carboxylic acids is 1. The molecule has 0 bridgehead atoms. The summed E-state index contributed by atoms with van der Waals surface area (Å²) in [6, 6.07) is 0.0567. The second-order valence-corrected chi connectivity index (χ2v) is 5.02. The highest BCUT2D eigenvalue weighted by Gasteiger charge is 2.26. The van der Waals surface area contributed by atoms with Crippen LogP contribution in [0.4, 0.5) is 0 Å². The van der Waals surface area contributed by atoms with Gasteiger partial charge in [-0.3, -0.25) is 4.79 Å². The number of nitrogens with two attached hydrogens (primary N) is 1. The average molecular weight is 239 g/mol. The lowest BCUT2D eigenvalue weighted by atomic mass is 10.1. The fourth-order valence-electron chi connectivity index (χ4n) is 2.07. The quantitative estimate of drug-likeness (QED) is 0.694. The van der Waals surface area contributed by atoms with Gasteiger partial charge in [-0.25, -0.2) is 0 Å². The van der Waals surface area contributed by atoms with Gasteiger partial charge in [0.15, 0.2) is 0 Å². The zero-order chi connectivity index (χ0) is 12.8. The highest BCUT2D eigenvalue weighted by molar-refractivity contribution is 5.81. The van der Waals surface area contributed by atoms with Gasteiger partial charge in [-0.2, -0.15) is 0 Å². The highest BCUT2D eigenvalue weighted by atomic mass is 16.2. The number of hydrogen-bond donors (Lipinski definition) is 1. The van der Waals surface area contributed by atoms with Crippen LogP contribution >= 0.6 is 0 Å². The molecule has 1 aliphatic rings. The van der Waals surface area contributed by atoms with Crippen molar-refractivity contribution in [2.45, 2.75) is 25.8 Å². The summed E-state index contributed by atoms with van der Waals surface area (Å²) in [4.78, 5) is 16.4. The first-order valence-electron chi connectivity index (χ1n) is 6.42. The van der Waals surface area contributed by atoms with Crippen LogP contribution in [0.15, 0.2) is 12.2 Å². The lowest BCUT2D eigenvalue weighted by molar-refractivity contribution is -0.134. The third-order valence-corrected chi connectivity index (χ3v) is 3.06. The lowest BCUT2D eigenvalue weighted by Crippen LogP contribution is -2.40. The molecule has 0 spiro atoms. The van der Waals surface area contributed by atoms with E-state index < -0.39 is 0 Å². The van der Waals surface area contributed by atoms with E-state index in [0.717, 1.165) is 32.5 Å². The van der Waals surface area contributed by atoms with Gasteiger partial charge in [0.25, 0.3) is 0 Å². The molecule has 0 aromatic carbocycles. The maximum absolute atomic E-state index is 12.3. The predicted molar refractivity (Wildman–Crippen MR) is 70.6 cm³/mol. The maximum atomic E-state index is 12.3. The van der Waals surface area contributed by atoms with E-state index in [1.54, 1.807) is 0 Å². The molecule has 4 nitrogen and oxygen atoms in total. The van der Waals surface area contributed by atoms with Crippen LogP contribution in [0.5, 0.6) is 0 Å². The van der Waals surface area contributed by atoms with E-state index in [-0.39, 0.29) is 17.9 Å². The Morgan fingerprint density at radius 3 is 2.47 bits per heavy atom. The molecule has 0 aromatic rings. The van der Waals surface area contributed by atoms with Gasteiger partial charge in [0.1, 0.15) is 0 Å². The Hall–Kier alpha value is -0.870. The Kier molecular flexibility index (Phi) is 5.65. The zero-order valence-corrected chi connectivity index (χ0v) is 11.2. The van der Waals surface area contributed by atoms with Crippen LogP contribution in [-0.4, -0.2) is 55.5 Å². The summed E-state index contributed by atoms with van der Waals surface area (Å²) in [5.41, 5.74) is 5.79. The molecule has 0 aromatic heterocycles. The van der Waals surface area contributed by atoms with Crippen molar-refractivity contribution in [3.05, 3.63) is 12.2 Å². The Morgan fingerprint density at radius 1 is 1.29 bits per heavy atom. The topological polar surface area (TPSA) is 49.6 Å². The van der Waals surface area contributed by atoms with Crippen molar-refractivity contribution in [1.29, 1.82) is 0 Å². The van der Waals surface area contributed by atoms with E-state index >= 15 is 0 Å². The first kappa shape index (κ1) is 14.2. The summed E-state index contributed by atoms with van der Waals surface area (Å²) in [6.07, 6.45) is 5.67. The Balaban J connectivity index is 2.51. The molecule has 0 saturated carbocycles. The van der Waals surface area contributed by atoms with Gasteiger partial charge < -0.3 is 15.5 Å². The van der Waals surface area contributed by atoms with Gasteiger partial charge in [-0.15, -0.1) is 0 Å². The molecular weight excluding hydrogens is 214 g/mol. The second kappa shape index (κ2) is 6.77. The van der Waals surface area contributed by atoms with Gasteiger partial charge in [0, 0.05) is 25.7 Å². The molecule has 17 heavy (non-hydrogen) atoms. The Morgan fingerprint density at radius 2 is 2.00 bits per heavy atom. The van der Waals surface area contributed by atoms with E-state index in [1.165, 1.54) is 0 Å². The van der Waals surface area contributed by atoms with Crippen molar-refractivity contribution in [3.63, 3.8) is 0 Å². The highest BCUT2D eigenvalue weighted by Crippen LogP contribution is 2.19. The van der Waals surface area contributed by atoms with Gasteiger partial charge in [0.2, 0.25) is 5.91 Å². The standard InChI is InChI=1S/C13H25N3O/c1-4-7-16(9-8-15(2)3)13(17)11-5-6-12(14)10-11/h5-6,11-12H,4,7-10,14H2,1-3H3. The summed E-state index contributed by atoms with van der Waals surface area (Å²) < 4.78 is 0. The summed E-state index contributed by atoms with van der Waals surface area (Å²) >= 11 is 0. The van der Waals surface area contributed by atoms with Crippen LogP contribution in [0.3, 0.4) is 0 Å². The minimum Gasteiger partial charge on any atom is -0.341 e. The molecule has 0 fully saturated rings. The van der Waals surface area contributed by atoms with Crippen LogP contribution in [0, 0.1) is 5.92 Å². The Bertz CT molecular complexity index is 276. The molecule has 0 heterocycles. The van der Waals surface area contributed by atoms with Gasteiger partial charge in [-0.05, 0) is 26.9 Å². The van der Waals surface area contributed by atoms with Crippen molar-refractivity contribution in [2.75, 3.05) is 33.7 Å². The molecule has 2 atom stereocenters. The van der Waals surface area contributed by atoms with E-state index in [0.29, 0.717) is 0 Å². The van der Waals surface area contributed by atoms with Gasteiger partial charge in [0.05, 0.1) is 5.92 Å². The summed E-state index contributed by atoms with van der Waals surface area (Å²) in [5.74, 6) is 0.233. The molecule has 0 radical (unpaired) electrons. The number of hydrogen-bond acceptors (Lipinski definition) is 3. The van der Waals surface area contributed by atoms with Crippen LogP contribution < -0.4 is 5.73 Å². The van der Waals surface area contributed by atoms with E-state index in [9.17, 15) is 4.79 Å². The smallest absolute Gasteiger partial charge is 0.229 e. The van der Waals surface area contributed by atoms with Crippen molar-refractivity contribution >= 4 is 5.91 Å². The average Bonchev–Trinajstić information content (AvgIpc) is 2.70. The summed E-state index contributed by atoms with van der Waals surface area (Å²) in [5, 5.41) is 0. The predicted octanol–water partition coefficient (Wildman–Crippen LogP) is 0.690. The zero-order valence-electron chi connectivity index (χ0n) is 11.2.